The van der Waals surface area contributed by atoms with Crippen molar-refractivity contribution < 1.29 is 4.79 Å². The van der Waals surface area contributed by atoms with E-state index in [1.54, 1.807) is 0 Å². The Hall–Kier alpha value is -1.55. The third-order valence-electron chi connectivity index (χ3n) is 3.42. The van der Waals surface area contributed by atoms with E-state index in [4.69, 9.17) is 0 Å². The van der Waals surface area contributed by atoms with Crippen LogP contribution in [-0.4, -0.2) is 32.1 Å². The van der Waals surface area contributed by atoms with Crippen LogP contribution in [0, 0.1) is 5.92 Å². The fourth-order valence-electron chi connectivity index (χ4n) is 2.31. The van der Waals surface area contributed by atoms with E-state index in [9.17, 15) is 4.79 Å². The minimum Gasteiger partial charge on any atom is -0.385 e. The summed E-state index contributed by atoms with van der Waals surface area (Å²) in [6.45, 7) is 3.50. The highest BCUT2D eigenvalue weighted by Crippen LogP contribution is 2.09. The van der Waals surface area contributed by atoms with Crippen LogP contribution in [0.25, 0.3) is 0 Å². The van der Waals surface area contributed by atoms with Gasteiger partial charge in [-0.3, -0.25) is 4.79 Å². The van der Waals surface area contributed by atoms with E-state index < -0.39 is 0 Å². The smallest absolute Gasteiger partial charge is 0.224 e. The molecule has 2 rings (SSSR count). The Balaban J connectivity index is 1.55. The molecule has 1 aromatic rings. The van der Waals surface area contributed by atoms with Gasteiger partial charge in [0.25, 0.3) is 0 Å². The first-order chi connectivity index (χ1) is 9.36. The third-order valence-corrected chi connectivity index (χ3v) is 3.42. The van der Waals surface area contributed by atoms with Gasteiger partial charge >= 0.3 is 0 Å². The molecule has 4 heteroatoms. The van der Waals surface area contributed by atoms with Crippen LogP contribution in [0.15, 0.2) is 30.3 Å². The third kappa shape index (κ3) is 4.91. The molecule has 0 aromatic heterocycles. The lowest BCUT2D eigenvalue weighted by molar-refractivity contribution is -0.125. The molecule has 0 spiro atoms. The predicted molar refractivity (Wildman–Crippen MR) is 78.2 cm³/mol. The first-order valence-corrected chi connectivity index (χ1v) is 7.13. The van der Waals surface area contributed by atoms with Crippen molar-refractivity contribution in [3.8, 4) is 0 Å². The van der Waals surface area contributed by atoms with Crippen molar-refractivity contribution in [1.29, 1.82) is 0 Å². The zero-order valence-electron chi connectivity index (χ0n) is 11.3. The van der Waals surface area contributed by atoms with Crippen molar-refractivity contribution in [2.45, 2.75) is 19.3 Å². The fourth-order valence-corrected chi connectivity index (χ4v) is 2.31. The molecule has 0 radical (unpaired) electrons. The SMILES string of the molecule is O=C(NCCCNc1ccccc1)C1CCCNC1. The van der Waals surface area contributed by atoms with Crippen LogP contribution in [0.5, 0.6) is 0 Å². The molecule has 0 aliphatic carbocycles. The van der Waals surface area contributed by atoms with Crippen molar-refractivity contribution in [2.75, 3.05) is 31.5 Å². The second-order valence-corrected chi connectivity index (χ2v) is 4.98. The van der Waals surface area contributed by atoms with Crippen LogP contribution in [0.3, 0.4) is 0 Å². The Morgan fingerprint density at radius 1 is 1.26 bits per heavy atom. The van der Waals surface area contributed by atoms with E-state index in [1.165, 1.54) is 0 Å². The minimum absolute atomic E-state index is 0.163. The van der Waals surface area contributed by atoms with Gasteiger partial charge in [-0.1, -0.05) is 18.2 Å². The lowest BCUT2D eigenvalue weighted by Crippen LogP contribution is -2.41. The van der Waals surface area contributed by atoms with Crippen molar-refractivity contribution >= 4 is 11.6 Å². The molecule has 1 heterocycles. The van der Waals surface area contributed by atoms with Crippen LogP contribution >= 0.6 is 0 Å². The Labute approximate surface area is 115 Å². The molecule has 4 nitrogen and oxygen atoms in total. The van der Waals surface area contributed by atoms with Gasteiger partial charge in [0, 0.05) is 25.3 Å². The number of para-hydroxylation sites is 1. The molecule has 1 unspecified atom stereocenters. The molecule has 1 atom stereocenters. The summed E-state index contributed by atoms with van der Waals surface area (Å²) in [7, 11) is 0. The first-order valence-electron chi connectivity index (χ1n) is 7.13. The molecule has 0 saturated carbocycles. The van der Waals surface area contributed by atoms with Gasteiger partial charge in [-0.2, -0.15) is 0 Å². The molecule has 1 aliphatic heterocycles. The van der Waals surface area contributed by atoms with Gasteiger partial charge < -0.3 is 16.0 Å². The lowest BCUT2D eigenvalue weighted by Gasteiger charge is -2.21. The molecule has 1 saturated heterocycles. The number of benzene rings is 1. The number of rotatable bonds is 6. The lowest BCUT2D eigenvalue weighted by atomic mass is 9.99. The van der Waals surface area contributed by atoms with E-state index in [0.717, 1.165) is 51.1 Å². The van der Waals surface area contributed by atoms with E-state index in [1.807, 2.05) is 30.3 Å². The Morgan fingerprint density at radius 2 is 2.11 bits per heavy atom. The molecular formula is C15H23N3O. The molecule has 3 N–H and O–H groups in total. The van der Waals surface area contributed by atoms with Crippen LogP contribution in [0.1, 0.15) is 19.3 Å². The van der Waals surface area contributed by atoms with Gasteiger partial charge in [-0.15, -0.1) is 0 Å². The number of hydrogen-bond donors (Lipinski definition) is 3. The zero-order chi connectivity index (χ0) is 13.3. The summed E-state index contributed by atoms with van der Waals surface area (Å²) in [6.07, 6.45) is 3.07. The first kappa shape index (κ1) is 13.9. The number of piperidine rings is 1. The molecule has 104 valence electrons. The highest BCUT2D eigenvalue weighted by Gasteiger charge is 2.19. The summed E-state index contributed by atoms with van der Waals surface area (Å²) in [5, 5.41) is 9.62. The van der Waals surface area contributed by atoms with Crippen LogP contribution in [0.4, 0.5) is 5.69 Å². The number of carbonyl (C=O) groups excluding carboxylic acids is 1. The van der Waals surface area contributed by atoms with Crippen LogP contribution < -0.4 is 16.0 Å². The van der Waals surface area contributed by atoms with Gasteiger partial charge in [-0.25, -0.2) is 0 Å². The largest absolute Gasteiger partial charge is 0.385 e. The maximum Gasteiger partial charge on any atom is 0.224 e. The molecule has 1 aromatic carbocycles. The van der Waals surface area contributed by atoms with E-state index in [0.29, 0.717) is 0 Å². The van der Waals surface area contributed by atoms with Gasteiger partial charge in [0.15, 0.2) is 0 Å². The summed E-state index contributed by atoms with van der Waals surface area (Å²) in [5.41, 5.74) is 1.13. The van der Waals surface area contributed by atoms with Gasteiger partial charge in [0.05, 0.1) is 5.92 Å². The maximum absolute atomic E-state index is 11.9. The molecule has 1 fully saturated rings. The number of anilines is 1. The zero-order valence-corrected chi connectivity index (χ0v) is 11.3. The van der Waals surface area contributed by atoms with E-state index in [2.05, 4.69) is 16.0 Å². The fraction of sp³-hybridized carbons (Fsp3) is 0.533. The number of nitrogens with one attached hydrogen (secondary N) is 3. The topological polar surface area (TPSA) is 53.2 Å². The van der Waals surface area contributed by atoms with Crippen molar-refractivity contribution in [3.63, 3.8) is 0 Å². The number of carbonyl (C=O) groups is 1. The average molecular weight is 261 g/mol. The van der Waals surface area contributed by atoms with E-state index in [-0.39, 0.29) is 11.8 Å². The highest BCUT2D eigenvalue weighted by molar-refractivity contribution is 5.78. The monoisotopic (exact) mass is 261 g/mol. The van der Waals surface area contributed by atoms with Gasteiger partial charge in [0.1, 0.15) is 0 Å². The summed E-state index contributed by atoms with van der Waals surface area (Å²) in [4.78, 5) is 11.9. The van der Waals surface area contributed by atoms with Gasteiger partial charge in [0.2, 0.25) is 5.91 Å². The second-order valence-electron chi connectivity index (χ2n) is 4.98. The Bertz CT molecular complexity index is 374. The van der Waals surface area contributed by atoms with Gasteiger partial charge in [-0.05, 0) is 37.9 Å². The molecule has 19 heavy (non-hydrogen) atoms. The minimum atomic E-state index is 0.163. The molecular weight excluding hydrogens is 238 g/mol. The van der Waals surface area contributed by atoms with Crippen molar-refractivity contribution in [3.05, 3.63) is 30.3 Å². The summed E-state index contributed by atoms with van der Waals surface area (Å²) >= 11 is 0. The van der Waals surface area contributed by atoms with Crippen molar-refractivity contribution in [2.24, 2.45) is 5.92 Å². The molecule has 1 aliphatic rings. The number of amides is 1. The Kier molecular flexibility index (Phi) is 5.69. The molecule has 0 bridgehead atoms. The van der Waals surface area contributed by atoms with Crippen LogP contribution in [0.2, 0.25) is 0 Å². The van der Waals surface area contributed by atoms with E-state index >= 15 is 0 Å². The predicted octanol–water partition coefficient (Wildman–Crippen LogP) is 1.60. The standard InChI is InChI=1S/C15H23N3O/c19-15(13-6-4-9-16-12-13)18-11-5-10-17-14-7-2-1-3-8-14/h1-3,7-8,13,16-17H,4-6,9-12H2,(H,18,19). The normalized spacial score (nSPS) is 18.8. The second kappa shape index (κ2) is 7.79. The maximum atomic E-state index is 11.9. The quantitative estimate of drug-likeness (QED) is 0.682. The number of hydrogen-bond acceptors (Lipinski definition) is 3. The average Bonchev–Trinajstić information content (AvgIpc) is 2.49. The summed E-state index contributed by atoms with van der Waals surface area (Å²) in [5.74, 6) is 0.364. The van der Waals surface area contributed by atoms with Crippen molar-refractivity contribution in [1.82, 2.24) is 10.6 Å². The Morgan fingerprint density at radius 3 is 2.84 bits per heavy atom. The summed E-state index contributed by atoms with van der Waals surface area (Å²) < 4.78 is 0. The van der Waals surface area contributed by atoms with Crippen LogP contribution in [-0.2, 0) is 4.79 Å². The molecule has 1 amide bonds. The highest BCUT2D eigenvalue weighted by atomic mass is 16.1. The summed E-state index contributed by atoms with van der Waals surface area (Å²) in [6, 6.07) is 10.1.